The van der Waals surface area contributed by atoms with Gasteiger partial charge in [-0.2, -0.15) is 0 Å². The molecule has 0 atom stereocenters. The Balaban J connectivity index is 1.02. The number of fused-ring (bicyclic) bond motifs is 9. The normalized spacial score (nSPS) is 12.8. The van der Waals surface area contributed by atoms with Crippen LogP contribution in [0.4, 0.5) is 17.1 Å². The summed E-state index contributed by atoms with van der Waals surface area (Å²) in [6, 6.07) is 85.3. The number of nitrogens with zero attached hydrogens (tertiary/aromatic N) is 1. The lowest BCUT2D eigenvalue weighted by molar-refractivity contribution is 0.669. The fourth-order valence-corrected chi connectivity index (χ4v) is 10.7. The summed E-state index contributed by atoms with van der Waals surface area (Å²) in [5.41, 5.74) is 18.2. The number of hydrogen-bond acceptors (Lipinski definition) is 3. The van der Waals surface area contributed by atoms with Crippen LogP contribution in [0.25, 0.3) is 77.3 Å². The highest BCUT2D eigenvalue weighted by Gasteiger charge is 2.47. The number of para-hydroxylation sites is 3. The van der Waals surface area contributed by atoms with Crippen molar-refractivity contribution in [2.45, 2.75) is 5.41 Å². The summed E-state index contributed by atoms with van der Waals surface area (Å²) in [6.45, 7) is 0. The first-order valence-corrected chi connectivity index (χ1v) is 21.9. The second kappa shape index (κ2) is 14.3. The first-order chi connectivity index (χ1) is 31.8. The first-order valence-electron chi connectivity index (χ1n) is 21.9. The van der Waals surface area contributed by atoms with E-state index in [4.69, 9.17) is 8.83 Å². The van der Waals surface area contributed by atoms with Crippen LogP contribution < -0.4 is 4.90 Å². The van der Waals surface area contributed by atoms with Crippen LogP contribution in [-0.2, 0) is 5.41 Å². The Bertz CT molecular complexity index is 3670. The van der Waals surface area contributed by atoms with Crippen molar-refractivity contribution in [3.05, 3.63) is 259 Å². The van der Waals surface area contributed by atoms with Crippen LogP contribution in [0, 0.1) is 0 Å². The zero-order valence-corrected chi connectivity index (χ0v) is 34.8. The molecule has 12 aromatic rings. The smallest absolute Gasteiger partial charge is 0.143 e. The van der Waals surface area contributed by atoms with E-state index in [1.807, 2.05) is 24.3 Å². The molecule has 0 saturated heterocycles. The summed E-state index contributed by atoms with van der Waals surface area (Å²) in [7, 11) is 0. The number of rotatable bonds is 7. The minimum absolute atomic E-state index is 0.527. The van der Waals surface area contributed by atoms with Crippen molar-refractivity contribution in [2.24, 2.45) is 0 Å². The Morgan fingerprint density at radius 1 is 0.328 bits per heavy atom. The molecule has 0 fully saturated rings. The van der Waals surface area contributed by atoms with Gasteiger partial charge >= 0.3 is 0 Å². The Labute approximate surface area is 370 Å². The Morgan fingerprint density at radius 3 is 1.55 bits per heavy atom. The average Bonchev–Trinajstić information content (AvgIpc) is 4.04. The third-order valence-corrected chi connectivity index (χ3v) is 13.4. The molecule has 0 aliphatic heterocycles. The van der Waals surface area contributed by atoms with Gasteiger partial charge < -0.3 is 13.7 Å². The van der Waals surface area contributed by atoms with Gasteiger partial charge in [-0.15, -0.1) is 0 Å². The van der Waals surface area contributed by atoms with E-state index in [0.717, 1.165) is 83.2 Å². The van der Waals surface area contributed by atoms with Crippen molar-refractivity contribution in [2.75, 3.05) is 4.90 Å². The fraction of sp³-hybridized carbons (Fsp3) is 0.0164. The molecule has 3 heteroatoms. The topological polar surface area (TPSA) is 29.5 Å². The molecule has 64 heavy (non-hydrogen) atoms. The molecule has 0 radical (unpaired) electrons. The molecule has 0 N–H and O–H groups in total. The molecule has 0 saturated carbocycles. The molecular formula is C61H39NO2. The zero-order chi connectivity index (χ0) is 42.2. The maximum Gasteiger partial charge on any atom is 0.143 e. The zero-order valence-electron chi connectivity index (χ0n) is 34.8. The number of furan rings is 2. The Kier molecular flexibility index (Phi) is 8.13. The number of anilines is 3. The molecular weight excluding hydrogens is 779 g/mol. The van der Waals surface area contributed by atoms with Gasteiger partial charge in [0.1, 0.15) is 22.3 Å². The summed E-state index contributed by atoms with van der Waals surface area (Å²) in [5, 5.41) is 4.50. The van der Waals surface area contributed by atoms with Crippen molar-refractivity contribution in [1.82, 2.24) is 0 Å². The van der Waals surface area contributed by atoms with Crippen molar-refractivity contribution >= 4 is 60.9 Å². The van der Waals surface area contributed by atoms with Gasteiger partial charge in [0, 0.05) is 44.0 Å². The maximum atomic E-state index is 6.51. The lowest BCUT2D eigenvalue weighted by Crippen LogP contribution is -2.28. The van der Waals surface area contributed by atoms with Crippen LogP contribution in [0.1, 0.15) is 22.3 Å². The van der Waals surface area contributed by atoms with Crippen LogP contribution in [0.2, 0.25) is 0 Å². The molecule has 0 unspecified atom stereocenters. The molecule has 13 rings (SSSR count). The van der Waals surface area contributed by atoms with Crippen LogP contribution in [-0.4, -0.2) is 0 Å². The van der Waals surface area contributed by atoms with Gasteiger partial charge in [0.05, 0.1) is 11.1 Å². The molecule has 300 valence electrons. The van der Waals surface area contributed by atoms with Gasteiger partial charge in [0.2, 0.25) is 0 Å². The lowest BCUT2D eigenvalue weighted by Gasteiger charge is -2.34. The van der Waals surface area contributed by atoms with Crippen LogP contribution >= 0.6 is 0 Å². The first kappa shape index (κ1) is 36.3. The van der Waals surface area contributed by atoms with E-state index < -0.39 is 5.41 Å². The Hall–Kier alpha value is -8.40. The highest BCUT2D eigenvalue weighted by Crippen LogP contribution is 2.59. The van der Waals surface area contributed by atoms with Crippen molar-refractivity contribution < 1.29 is 8.83 Å². The van der Waals surface area contributed by atoms with Crippen LogP contribution in [0.3, 0.4) is 0 Å². The van der Waals surface area contributed by atoms with Crippen molar-refractivity contribution in [3.63, 3.8) is 0 Å². The summed E-state index contributed by atoms with van der Waals surface area (Å²) < 4.78 is 12.8. The van der Waals surface area contributed by atoms with Gasteiger partial charge in [-0.3, -0.25) is 0 Å². The molecule has 3 nitrogen and oxygen atoms in total. The quantitative estimate of drug-likeness (QED) is 0.160. The standard InChI is InChI=1S/C61H39NO2/c1-3-16-42(17-4-1)61(43-18-5-2-6-19-43)52-26-10-7-21-50(52)59-53(61)27-15-28-54(59)62(44-36-32-40(33-37-44)46-23-14-31-57-58(46)51-22-9-12-30-56(51)63-57)45-38-34-41(35-39-45)47-24-13-25-49-48-20-8-11-29-55(48)64-60(47)49/h1-39H. The SMILES string of the molecule is c1ccc(C2(c3ccccc3)c3ccccc3-c3c(N(c4ccc(-c5cccc6c5oc5ccccc56)cc4)c4ccc(-c5cccc6oc7ccccc7c56)cc4)cccc32)cc1. The van der Waals surface area contributed by atoms with Gasteiger partial charge in [-0.05, 0) is 93.0 Å². The van der Waals surface area contributed by atoms with Gasteiger partial charge in [0.15, 0.2) is 0 Å². The van der Waals surface area contributed by atoms with E-state index in [1.54, 1.807) is 0 Å². The Morgan fingerprint density at radius 2 is 0.828 bits per heavy atom. The molecule has 0 amide bonds. The second-order valence-corrected chi connectivity index (χ2v) is 16.7. The van der Waals surface area contributed by atoms with Crippen LogP contribution in [0.15, 0.2) is 245 Å². The summed E-state index contributed by atoms with van der Waals surface area (Å²) in [4.78, 5) is 2.44. The predicted octanol–water partition coefficient (Wildman–Crippen LogP) is 16.7. The lowest BCUT2D eigenvalue weighted by atomic mass is 9.68. The van der Waals surface area contributed by atoms with E-state index in [1.165, 1.54) is 33.4 Å². The van der Waals surface area contributed by atoms with Crippen molar-refractivity contribution in [3.8, 4) is 33.4 Å². The number of hydrogen-bond donors (Lipinski definition) is 0. The molecule has 1 aliphatic rings. The summed E-state index contributed by atoms with van der Waals surface area (Å²) in [5.74, 6) is 0. The monoisotopic (exact) mass is 817 g/mol. The summed E-state index contributed by atoms with van der Waals surface area (Å²) in [6.07, 6.45) is 0. The van der Waals surface area contributed by atoms with E-state index in [0.29, 0.717) is 0 Å². The van der Waals surface area contributed by atoms with E-state index in [-0.39, 0.29) is 0 Å². The van der Waals surface area contributed by atoms with Gasteiger partial charge in [-0.25, -0.2) is 0 Å². The third kappa shape index (κ3) is 5.34. The molecule has 10 aromatic carbocycles. The third-order valence-electron chi connectivity index (χ3n) is 13.4. The average molecular weight is 818 g/mol. The fourth-order valence-electron chi connectivity index (χ4n) is 10.7. The van der Waals surface area contributed by atoms with E-state index in [2.05, 4.69) is 217 Å². The summed E-state index contributed by atoms with van der Waals surface area (Å²) >= 11 is 0. The van der Waals surface area contributed by atoms with Gasteiger partial charge in [0.25, 0.3) is 0 Å². The minimum Gasteiger partial charge on any atom is -0.456 e. The van der Waals surface area contributed by atoms with Crippen LogP contribution in [0.5, 0.6) is 0 Å². The van der Waals surface area contributed by atoms with Gasteiger partial charge in [-0.1, -0.05) is 188 Å². The maximum absolute atomic E-state index is 6.51. The molecule has 2 heterocycles. The predicted molar refractivity (Wildman–Crippen MR) is 264 cm³/mol. The second-order valence-electron chi connectivity index (χ2n) is 16.7. The molecule has 2 aromatic heterocycles. The van der Waals surface area contributed by atoms with E-state index in [9.17, 15) is 0 Å². The molecule has 0 bridgehead atoms. The molecule has 1 aliphatic carbocycles. The highest BCUT2D eigenvalue weighted by molar-refractivity contribution is 6.13. The molecule has 0 spiro atoms. The highest BCUT2D eigenvalue weighted by atomic mass is 16.3. The van der Waals surface area contributed by atoms with Crippen molar-refractivity contribution in [1.29, 1.82) is 0 Å². The van der Waals surface area contributed by atoms with E-state index >= 15 is 0 Å². The largest absolute Gasteiger partial charge is 0.456 e. The minimum atomic E-state index is -0.527. The number of benzene rings is 10.